The van der Waals surface area contributed by atoms with Crippen LogP contribution < -0.4 is 4.90 Å². The van der Waals surface area contributed by atoms with Gasteiger partial charge in [-0.2, -0.15) is 0 Å². The summed E-state index contributed by atoms with van der Waals surface area (Å²) >= 11 is 6.23. The summed E-state index contributed by atoms with van der Waals surface area (Å²) in [6, 6.07) is 0. The molecular formula is C13H18ClN3O2. The van der Waals surface area contributed by atoms with Crippen molar-refractivity contribution >= 4 is 17.4 Å². The highest BCUT2D eigenvalue weighted by Crippen LogP contribution is 2.43. The zero-order chi connectivity index (χ0) is 13.5. The third kappa shape index (κ3) is 2.20. The Morgan fingerprint density at radius 3 is 3.26 bits per heavy atom. The summed E-state index contributed by atoms with van der Waals surface area (Å²) in [5.74, 6) is 2.06. The summed E-state index contributed by atoms with van der Waals surface area (Å²) in [5.41, 5.74) is 0.0803. The molecule has 0 spiro atoms. The van der Waals surface area contributed by atoms with Crippen LogP contribution in [0.4, 0.5) is 5.82 Å². The predicted octanol–water partition coefficient (Wildman–Crippen LogP) is 1.54. The van der Waals surface area contributed by atoms with Gasteiger partial charge in [-0.1, -0.05) is 11.6 Å². The standard InChI is InChI=1S/C13H18ClN3O2/c1-9-15-3-11(14)12(16-9)17-4-10-5-19-8-13(10,6-17)7-18-2/h3,10H,4-8H2,1-2H3/t10-,13-/m0/s1. The molecule has 0 aromatic carbocycles. The highest BCUT2D eigenvalue weighted by atomic mass is 35.5. The predicted molar refractivity (Wildman–Crippen MR) is 72.6 cm³/mol. The molecule has 0 N–H and O–H groups in total. The Morgan fingerprint density at radius 1 is 1.63 bits per heavy atom. The van der Waals surface area contributed by atoms with Crippen molar-refractivity contribution in [1.82, 2.24) is 9.97 Å². The Balaban J connectivity index is 1.87. The number of hydrogen-bond donors (Lipinski definition) is 0. The van der Waals surface area contributed by atoms with E-state index in [-0.39, 0.29) is 5.41 Å². The molecule has 2 atom stereocenters. The maximum Gasteiger partial charge on any atom is 0.151 e. The summed E-state index contributed by atoms with van der Waals surface area (Å²) in [4.78, 5) is 10.8. The van der Waals surface area contributed by atoms with Crippen LogP contribution in [0, 0.1) is 18.3 Å². The monoisotopic (exact) mass is 283 g/mol. The SMILES string of the molecule is COC[C@@]12COC[C@@H]1CN(c1nc(C)ncc1Cl)C2. The zero-order valence-corrected chi connectivity index (χ0v) is 12.0. The summed E-state index contributed by atoms with van der Waals surface area (Å²) in [6.07, 6.45) is 1.67. The van der Waals surface area contributed by atoms with Gasteiger partial charge in [0.05, 0.1) is 26.0 Å². The first kappa shape index (κ1) is 13.1. The number of ether oxygens (including phenoxy) is 2. The van der Waals surface area contributed by atoms with E-state index in [9.17, 15) is 0 Å². The summed E-state index contributed by atoms with van der Waals surface area (Å²) in [7, 11) is 1.74. The average molecular weight is 284 g/mol. The van der Waals surface area contributed by atoms with E-state index in [0.29, 0.717) is 10.9 Å². The summed E-state index contributed by atoms with van der Waals surface area (Å²) < 4.78 is 11.0. The average Bonchev–Trinajstić information content (AvgIpc) is 2.89. The third-order valence-electron chi connectivity index (χ3n) is 4.10. The quantitative estimate of drug-likeness (QED) is 0.842. The van der Waals surface area contributed by atoms with Crippen LogP contribution in [0.1, 0.15) is 5.82 Å². The molecule has 2 fully saturated rings. The Kier molecular flexibility index (Phi) is 3.37. The van der Waals surface area contributed by atoms with E-state index in [2.05, 4.69) is 14.9 Å². The highest BCUT2D eigenvalue weighted by Gasteiger charge is 2.51. The number of halogens is 1. The fourth-order valence-electron chi connectivity index (χ4n) is 3.15. The van der Waals surface area contributed by atoms with Crippen molar-refractivity contribution in [3.05, 3.63) is 17.0 Å². The second-order valence-corrected chi connectivity index (χ2v) is 5.88. The van der Waals surface area contributed by atoms with Gasteiger partial charge in [0.1, 0.15) is 10.8 Å². The lowest BCUT2D eigenvalue weighted by Gasteiger charge is -2.26. The number of methoxy groups -OCH3 is 1. The van der Waals surface area contributed by atoms with E-state index < -0.39 is 0 Å². The van der Waals surface area contributed by atoms with Gasteiger partial charge in [0.25, 0.3) is 0 Å². The number of aryl methyl sites for hydroxylation is 1. The maximum atomic E-state index is 6.23. The summed E-state index contributed by atoms with van der Waals surface area (Å²) in [6.45, 7) is 5.94. The van der Waals surface area contributed by atoms with Crippen LogP contribution in [0.25, 0.3) is 0 Å². The van der Waals surface area contributed by atoms with Crippen molar-refractivity contribution in [3.8, 4) is 0 Å². The van der Waals surface area contributed by atoms with Gasteiger partial charge in [0, 0.05) is 31.5 Å². The first-order valence-electron chi connectivity index (χ1n) is 6.45. The second-order valence-electron chi connectivity index (χ2n) is 5.48. The van der Waals surface area contributed by atoms with E-state index in [4.69, 9.17) is 21.1 Å². The number of rotatable bonds is 3. The number of anilines is 1. The van der Waals surface area contributed by atoms with Crippen LogP contribution in [0.15, 0.2) is 6.20 Å². The number of hydrogen-bond acceptors (Lipinski definition) is 5. The number of fused-ring (bicyclic) bond motifs is 1. The molecule has 0 amide bonds. The van der Waals surface area contributed by atoms with Crippen molar-refractivity contribution in [2.24, 2.45) is 11.3 Å². The molecule has 2 aliphatic heterocycles. The van der Waals surface area contributed by atoms with Gasteiger partial charge in [0.15, 0.2) is 5.82 Å². The molecule has 3 rings (SSSR count). The minimum Gasteiger partial charge on any atom is -0.384 e. The normalized spacial score (nSPS) is 29.8. The van der Waals surface area contributed by atoms with Gasteiger partial charge in [0.2, 0.25) is 0 Å². The topological polar surface area (TPSA) is 47.5 Å². The van der Waals surface area contributed by atoms with Crippen LogP contribution in [-0.2, 0) is 9.47 Å². The molecule has 5 nitrogen and oxygen atoms in total. The van der Waals surface area contributed by atoms with Crippen molar-refractivity contribution in [1.29, 1.82) is 0 Å². The fraction of sp³-hybridized carbons (Fsp3) is 0.692. The van der Waals surface area contributed by atoms with Crippen LogP contribution in [0.5, 0.6) is 0 Å². The molecule has 2 saturated heterocycles. The first-order chi connectivity index (χ1) is 9.14. The van der Waals surface area contributed by atoms with E-state index in [1.807, 2.05) is 6.92 Å². The molecule has 19 heavy (non-hydrogen) atoms. The van der Waals surface area contributed by atoms with Gasteiger partial charge >= 0.3 is 0 Å². The van der Waals surface area contributed by atoms with E-state index in [1.54, 1.807) is 13.3 Å². The molecule has 1 aromatic heterocycles. The lowest BCUT2D eigenvalue weighted by atomic mass is 9.82. The lowest BCUT2D eigenvalue weighted by Crippen LogP contribution is -2.35. The Bertz CT molecular complexity index is 485. The van der Waals surface area contributed by atoms with Crippen LogP contribution >= 0.6 is 11.6 Å². The molecule has 0 bridgehead atoms. The second kappa shape index (κ2) is 4.89. The van der Waals surface area contributed by atoms with Crippen LogP contribution in [0.2, 0.25) is 5.02 Å². The van der Waals surface area contributed by atoms with Crippen molar-refractivity contribution in [2.75, 3.05) is 44.9 Å². The zero-order valence-electron chi connectivity index (χ0n) is 11.2. The van der Waals surface area contributed by atoms with E-state index in [0.717, 1.165) is 44.6 Å². The fourth-order valence-corrected chi connectivity index (χ4v) is 3.36. The molecule has 0 aliphatic carbocycles. The molecule has 104 valence electrons. The van der Waals surface area contributed by atoms with Crippen LogP contribution in [0.3, 0.4) is 0 Å². The van der Waals surface area contributed by atoms with Crippen molar-refractivity contribution < 1.29 is 9.47 Å². The summed E-state index contributed by atoms with van der Waals surface area (Å²) in [5, 5.41) is 0.610. The number of nitrogens with zero attached hydrogens (tertiary/aromatic N) is 3. The maximum absolute atomic E-state index is 6.23. The largest absolute Gasteiger partial charge is 0.384 e. The number of aromatic nitrogens is 2. The lowest BCUT2D eigenvalue weighted by molar-refractivity contribution is 0.0660. The minimum atomic E-state index is 0.0803. The van der Waals surface area contributed by atoms with Gasteiger partial charge < -0.3 is 14.4 Å². The van der Waals surface area contributed by atoms with Crippen molar-refractivity contribution in [3.63, 3.8) is 0 Å². The van der Waals surface area contributed by atoms with E-state index >= 15 is 0 Å². The Hall–Kier alpha value is -0.910. The molecule has 6 heteroatoms. The molecule has 0 radical (unpaired) electrons. The Morgan fingerprint density at radius 2 is 2.47 bits per heavy atom. The highest BCUT2D eigenvalue weighted by molar-refractivity contribution is 6.32. The molecular weight excluding hydrogens is 266 g/mol. The molecule has 0 unspecified atom stereocenters. The molecule has 1 aromatic rings. The minimum absolute atomic E-state index is 0.0803. The van der Waals surface area contributed by atoms with Gasteiger partial charge in [-0.25, -0.2) is 9.97 Å². The van der Waals surface area contributed by atoms with Crippen molar-refractivity contribution in [2.45, 2.75) is 6.92 Å². The third-order valence-corrected chi connectivity index (χ3v) is 4.37. The van der Waals surface area contributed by atoms with E-state index in [1.165, 1.54) is 0 Å². The molecule has 3 heterocycles. The smallest absolute Gasteiger partial charge is 0.151 e. The van der Waals surface area contributed by atoms with Crippen LogP contribution in [-0.4, -0.2) is 50.0 Å². The van der Waals surface area contributed by atoms with Gasteiger partial charge in [-0.3, -0.25) is 0 Å². The van der Waals surface area contributed by atoms with Gasteiger partial charge in [-0.05, 0) is 6.92 Å². The molecule has 2 aliphatic rings. The van der Waals surface area contributed by atoms with Gasteiger partial charge in [-0.15, -0.1) is 0 Å². The molecule has 0 saturated carbocycles. The Labute approximate surface area is 117 Å². The first-order valence-corrected chi connectivity index (χ1v) is 6.83.